The van der Waals surface area contributed by atoms with E-state index < -0.39 is 0 Å². The van der Waals surface area contributed by atoms with E-state index in [9.17, 15) is 4.39 Å². The van der Waals surface area contributed by atoms with Crippen LogP contribution in [0, 0.1) is 5.82 Å². The van der Waals surface area contributed by atoms with E-state index in [1.165, 1.54) is 12.1 Å². The first-order valence-corrected chi connectivity index (χ1v) is 6.52. The van der Waals surface area contributed by atoms with Crippen molar-refractivity contribution in [3.05, 3.63) is 53.8 Å². The van der Waals surface area contributed by atoms with E-state index in [0.717, 1.165) is 11.3 Å². The maximum atomic E-state index is 13.1. The Kier molecular flexibility index (Phi) is 4.82. The largest absolute Gasteiger partial charge is 0.493 e. The molecule has 0 aromatic heterocycles. The minimum Gasteiger partial charge on any atom is -0.493 e. The van der Waals surface area contributed by atoms with Crippen LogP contribution in [-0.4, -0.2) is 13.7 Å². The smallest absolute Gasteiger partial charge is 0.161 e. The summed E-state index contributed by atoms with van der Waals surface area (Å²) in [5.41, 5.74) is 1.79. The summed E-state index contributed by atoms with van der Waals surface area (Å²) in [5, 5.41) is 3.17. The number of rotatable bonds is 6. The van der Waals surface area contributed by atoms with Crippen molar-refractivity contribution in [3.8, 4) is 11.5 Å². The van der Waals surface area contributed by atoms with Gasteiger partial charge in [-0.25, -0.2) is 4.39 Å². The summed E-state index contributed by atoms with van der Waals surface area (Å²) in [6.07, 6.45) is 0. The Bertz CT molecular complexity index is 572. The lowest BCUT2D eigenvalue weighted by atomic mass is 10.2. The van der Waals surface area contributed by atoms with Crippen molar-refractivity contribution < 1.29 is 13.9 Å². The third-order valence-corrected chi connectivity index (χ3v) is 2.85. The highest BCUT2D eigenvalue weighted by Crippen LogP contribution is 2.28. The van der Waals surface area contributed by atoms with Gasteiger partial charge in [-0.3, -0.25) is 0 Å². The summed E-state index contributed by atoms with van der Waals surface area (Å²) in [6, 6.07) is 12.1. The standard InChI is InChI=1S/C16H18FNO2/c1-3-20-16-9-12(7-8-15(16)19-2)11-18-14-6-4-5-13(17)10-14/h4-10,18H,3,11H2,1-2H3. The van der Waals surface area contributed by atoms with Gasteiger partial charge in [0.05, 0.1) is 13.7 Å². The van der Waals surface area contributed by atoms with Crippen molar-refractivity contribution in [2.24, 2.45) is 0 Å². The van der Waals surface area contributed by atoms with Crippen LogP contribution >= 0.6 is 0 Å². The van der Waals surface area contributed by atoms with E-state index in [1.807, 2.05) is 31.2 Å². The van der Waals surface area contributed by atoms with Gasteiger partial charge in [0, 0.05) is 12.2 Å². The van der Waals surface area contributed by atoms with E-state index in [2.05, 4.69) is 5.32 Å². The molecule has 0 aliphatic carbocycles. The molecule has 0 bridgehead atoms. The Morgan fingerprint density at radius 3 is 2.65 bits per heavy atom. The van der Waals surface area contributed by atoms with E-state index in [4.69, 9.17) is 9.47 Å². The maximum Gasteiger partial charge on any atom is 0.161 e. The van der Waals surface area contributed by atoms with Gasteiger partial charge >= 0.3 is 0 Å². The Labute approximate surface area is 118 Å². The number of anilines is 1. The molecule has 0 fully saturated rings. The molecule has 0 amide bonds. The fraction of sp³-hybridized carbons (Fsp3) is 0.250. The molecule has 2 aromatic carbocycles. The molecule has 20 heavy (non-hydrogen) atoms. The predicted molar refractivity (Wildman–Crippen MR) is 77.9 cm³/mol. The van der Waals surface area contributed by atoms with Gasteiger partial charge in [-0.1, -0.05) is 12.1 Å². The lowest BCUT2D eigenvalue weighted by molar-refractivity contribution is 0.310. The van der Waals surface area contributed by atoms with Crippen molar-refractivity contribution in [3.63, 3.8) is 0 Å². The Morgan fingerprint density at radius 1 is 1.10 bits per heavy atom. The van der Waals surface area contributed by atoms with Gasteiger partial charge in [-0.2, -0.15) is 0 Å². The molecule has 0 saturated heterocycles. The molecule has 0 radical (unpaired) electrons. The maximum absolute atomic E-state index is 13.1. The number of nitrogens with one attached hydrogen (secondary N) is 1. The van der Waals surface area contributed by atoms with Crippen LogP contribution in [0.5, 0.6) is 11.5 Å². The SMILES string of the molecule is CCOc1cc(CNc2cccc(F)c2)ccc1OC. The second-order valence-corrected chi connectivity index (χ2v) is 4.28. The van der Waals surface area contributed by atoms with Crippen LogP contribution in [0.4, 0.5) is 10.1 Å². The number of hydrogen-bond acceptors (Lipinski definition) is 3. The average Bonchev–Trinajstić information content (AvgIpc) is 2.46. The minimum atomic E-state index is -0.250. The molecular formula is C16H18FNO2. The molecule has 1 N–H and O–H groups in total. The highest BCUT2D eigenvalue weighted by atomic mass is 19.1. The van der Waals surface area contributed by atoms with Crippen LogP contribution in [0.1, 0.15) is 12.5 Å². The van der Waals surface area contributed by atoms with Crippen LogP contribution in [-0.2, 0) is 6.54 Å². The first-order valence-electron chi connectivity index (χ1n) is 6.52. The summed E-state index contributed by atoms with van der Waals surface area (Å²) >= 11 is 0. The van der Waals surface area contributed by atoms with E-state index in [1.54, 1.807) is 13.2 Å². The zero-order valence-corrected chi connectivity index (χ0v) is 11.7. The van der Waals surface area contributed by atoms with E-state index >= 15 is 0 Å². The molecule has 0 unspecified atom stereocenters. The molecule has 0 aliphatic heterocycles. The molecule has 0 saturated carbocycles. The van der Waals surface area contributed by atoms with Gasteiger partial charge in [0.2, 0.25) is 0 Å². The summed E-state index contributed by atoms with van der Waals surface area (Å²) in [5.74, 6) is 1.18. The van der Waals surface area contributed by atoms with Crippen molar-refractivity contribution in [2.45, 2.75) is 13.5 Å². The number of hydrogen-bond donors (Lipinski definition) is 1. The van der Waals surface area contributed by atoms with Gasteiger partial charge in [-0.05, 0) is 42.8 Å². The molecule has 2 rings (SSSR count). The molecule has 3 nitrogen and oxygen atoms in total. The Balaban J connectivity index is 2.07. The predicted octanol–water partition coefficient (Wildman–Crippen LogP) is 3.85. The van der Waals surface area contributed by atoms with Crippen molar-refractivity contribution in [2.75, 3.05) is 19.0 Å². The van der Waals surface area contributed by atoms with Gasteiger partial charge in [0.1, 0.15) is 5.82 Å². The highest BCUT2D eigenvalue weighted by Gasteiger charge is 2.05. The highest BCUT2D eigenvalue weighted by molar-refractivity contribution is 5.46. The first-order chi connectivity index (χ1) is 9.72. The van der Waals surface area contributed by atoms with Crippen LogP contribution in [0.25, 0.3) is 0 Å². The fourth-order valence-electron chi connectivity index (χ4n) is 1.90. The molecule has 0 heterocycles. The van der Waals surface area contributed by atoms with Gasteiger partial charge in [0.15, 0.2) is 11.5 Å². The summed E-state index contributed by atoms with van der Waals surface area (Å²) in [6.45, 7) is 3.10. The molecule has 4 heteroatoms. The number of halogens is 1. The summed E-state index contributed by atoms with van der Waals surface area (Å²) < 4.78 is 23.8. The van der Waals surface area contributed by atoms with Gasteiger partial charge < -0.3 is 14.8 Å². The van der Waals surface area contributed by atoms with Crippen LogP contribution in [0.3, 0.4) is 0 Å². The molecule has 0 aliphatic rings. The van der Waals surface area contributed by atoms with Crippen molar-refractivity contribution in [1.29, 1.82) is 0 Å². The Hall–Kier alpha value is -2.23. The second-order valence-electron chi connectivity index (χ2n) is 4.28. The van der Waals surface area contributed by atoms with Crippen LogP contribution in [0.15, 0.2) is 42.5 Å². The number of methoxy groups -OCH3 is 1. The first kappa shape index (κ1) is 14.2. The van der Waals surface area contributed by atoms with Crippen molar-refractivity contribution >= 4 is 5.69 Å². The fourth-order valence-corrected chi connectivity index (χ4v) is 1.90. The normalized spacial score (nSPS) is 10.2. The minimum absolute atomic E-state index is 0.250. The summed E-state index contributed by atoms with van der Waals surface area (Å²) in [4.78, 5) is 0. The lowest BCUT2D eigenvalue weighted by Gasteiger charge is -2.12. The molecule has 106 valence electrons. The lowest BCUT2D eigenvalue weighted by Crippen LogP contribution is -2.01. The topological polar surface area (TPSA) is 30.5 Å². The quantitative estimate of drug-likeness (QED) is 0.868. The number of benzene rings is 2. The van der Waals surface area contributed by atoms with E-state index in [0.29, 0.717) is 24.7 Å². The van der Waals surface area contributed by atoms with Crippen LogP contribution in [0.2, 0.25) is 0 Å². The third kappa shape index (κ3) is 3.63. The average molecular weight is 275 g/mol. The molecule has 2 aromatic rings. The molecular weight excluding hydrogens is 257 g/mol. The van der Waals surface area contributed by atoms with E-state index in [-0.39, 0.29) is 5.82 Å². The third-order valence-electron chi connectivity index (χ3n) is 2.85. The zero-order valence-electron chi connectivity index (χ0n) is 11.7. The monoisotopic (exact) mass is 275 g/mol. The van der Waals surface area contributed by atoms with Gasteiger partial charge in [0.25, 0.3) is 0 Å². The van der Waals surface area contributed by atoms with Crippen molar-refractivity contribution in [1.82, 2.24) is 0 Å². The number of ether oxygens (including phenoxy) is 2. The Morgan fingerprint density at radius 2 is 1.95 bits per heavy atom. The molecule has 0 atom stereocenters. The summed E-state index contributed by atoms with van der Waals surface area (Å²) in [7, 11) is 1.61. The molecule has 0 spiro atoms. The second kappa shape index (κ2) is 6.80. The van der Waals surface area contributed by atoms with Gasteiger partial charge in [-0.15, -0.1) is 0 Å². The zero-order chi connectivity index (χ0) is 14.4. The van der Waals surface area contributed by atoms with Crippen LogP contribution < -0.4 is 14.8 Å².